The van der Waals surface area contributed by atoms with E-state index in [4.69, 9.17) is 23.2 Å². The molecule has 3 N–H and O–H groups in total. The number of aromatic amines is 1. The number of aromatic nitrogens is 2. The monoisotopic (exact) mass is 468 g/mol. The topological polar surface area (TPSA) is 99.5 Å². The summed E-state index contributed by atoms with van der Waals surface area (Å²) in [7, 11) is 0. The van der Waals surface area contributed by atoms with Gasteiger partial charge >= 0.3 is 0 Å². The molecule has 3 aromatic carbocycles. The normalized spacial score (nSPS) is 11.7. The lowest BCUT2D eigenvalue weighted by atomic mass is 10.1. The maximum absolute atomic E-state index is 13.0. The van der Waals surface area contributed by atoms with Gasteiger partial charge in [0.2, 0.25) is 0 Å². The molecule has 0 bridgehead atoms. The highest BCUT2D eigenvalue weighted by molar-refractivity contribution is 6.42. The molecule has 162 valence electrons. The summed E-state index contributed by atoms with van der Waals surface area (Å²) in [5, 5.41) is 19.6. The highest BCUT2D eigenvalue weighted by atomic mass is 35.5. The largest absolute Gasteiger partial charge is 0.507 e. The standard InChI is InChI=1S/C23H18Cl2N4O3/c1-12(21-13(2)28-29(23(21)32)16-7-8-18(24)19(25)11-16)26-27-22(31)17-9-14-5-3-4-6-15(14)10-20(17)30/h3-11,28,30H,1-2H3,(H,27,31)/b26-12-. The van der Waals surface area contributed by atoms with Crippen molar-refractivity contribution in [3.8, 4) is 11.4 Å². The molecule has 1 amide bonds. The molecule has 0 saturated heterocycles. The fraction of sp³-hybridized carbons (Fsp3) is 0.0870. The van der Waals surface area contributed by atoms with Crippen LogP contribution in [0.4, 0.5) is 0 Å². The summed E-state index contributed by atoms with van der Waals surface area (Å²) in [6.45, 7) is 3.33. The van der Waals surface area contributed by atoms with Crippen molar-refractivity contribution in [3.63, 3.8) is 0 Å². The van der Waals surface area contributed by atoms with Crippen LogP contribution < -0.4 is 11.0 Å². The number of carbonyl (C=O) groups excluding carboxylic acids is 1. The number of phenolic OH excluding ortho intramolecular Hbond substituents is 1. The molecule has 0 unspecified atom stereocenters. The van der Waals surface area contributed by atoms with Crippen LogP contribution in [0.25, 0.3) is 16.5 Å². The number of nitrogens with zero attached hydrogens (tertiary/aromatic N) is 2. The van der Waals surface area contributed by atoms with E-state index in [9.17, 15) is 14.7 Å². The second-order valence-corrected chi connectivity index (χ2v) is 8.02. The second kappa shape index (κ2) is 8.53. The third-order valence-corrected chi connectivity index (χ3v) is 5.77. The number of hydrogen-bond acceptors (Lipinski definition) is 4. The Morgan fingerprint density at radius 3 is 2.44 bits per heavy atom. The molecule has 32 heavy (non-hydrogen) atoms. The zero-order valence-corrected chi connectivity index (χ0v) is 18.6. The van der Waals surface area contributed by atoms with Gasteiger partial charge in [0.1, 0.15) is 5.75 Å². The molecule has 9 heteroatoms. The average Bonchev–Trinajstić information content (AvgIpc) is 3.07. The van der Waals surface area contributed by atoms with Crippen molar-refractivity contribution >= 4 is 45.6 Å². The van der Waals surface area contributed by atoms with Crippen molar-refractivity contribution in [3.05, 3.63) is 91.8 Å². The molecule has 0 fully saturated rings. The summed E-state index contributed by atoms with van der Waals surface area (Å²) in [6.07, 6.45) is 0. The van der Waals surface area contributed by atoms with Crippen LogP contribution in [-0.4, -0.2) is 26.5 Å². The first-order valence-electron chi connectivity index (χ1n) is 9.60. The Kier molecular flexibility index (Phi) is 5.78. The molecular weight excluding hydrogens is 451 g/mol. The molecule has 0 saturated carbocycles. The van der Waals surface area contributed by atoms with Gasteiger partial charge < -0.3 is 5.11 Å². The molecule has 0 radical (unpaired) electrons. The Morgan fingerprint density at radius 1 is 1.06 bits per heavy atom. The number of nitrogens with one attached hydrogen (secondary N) is 2. The first kappa shape index (κ1) is 21.7. The van der Waals surface area contributed by atoms with Gasteiger partial charge in [-0.05, 0) is 55.0 Å². The minimum atomic E-state index is -0.592. The fourth-order valence-corrected chi connectivity index (χ4v) is 3.73. The molecule has 0 aliphatic rings. The number of hydrogen-bond donors (Lipinski definition) is 3. The van der Waals surface area contributed by atoms with Crippen molar-refractivity contribution in [1.29, 1.82) is 0 Å². The van der Waals surface area contributed by atoms with Gasteiger partial charge in [-0.2, -0.15) is 5.10 Å². The Labute approximate surface area is 192 Å². The van der Waals surface area contributed by atoms with Crippen LogP contribution in [0, 0.1) is 6.92 Å². The van der Waals surface area contributed by atoms with E-state index in [1.165, 1.54) is 10.7 Å². The Morgan fingerprint density at radius 2 is 1.75 bits per heavy atom. The number of aromatic hydroxyl groups is 1. The van der Waals surface area contributed by atoms with E-state index in [1.807, 2.05) is 24.3 Å². The predicted molar refractivity (Wildman–Crippen MR) is 126 cm³/mol. The minimum absolute atomic E-state index is 0.0826. The molecule has 0 spiro atoms. The molecule has 0 aliphatic carbocycles. The zero-order valence-electron chi connectivity index (χ0n) is 17.1. The van der Waals surface area contributed by atoms with Crippen LogP contribution in [0.15, 0.2) is 64.5 Å². The maximum atomic E-state index is 13.0. The number of rotatable bonds is 4. The SMILES string of the molecule is C/C(=N/NC(=O)c1cc2ccccc2cc1O)c1c(C)[nH]n(-c2ccc(Cl)c(Cl)c2)c1=O. The van der Waals surface area contributed by atoms with Gasteiger partial charge in [-0.25, -0.2) is 10.1 Å². The molecule has 1 aromatic heterocycles. The Hall–Kier alpha value is -3.55. The number of hydrazone groups is 1. The van der Waals surface area contributed by atoms with Gasteiger partial charge in [-0.3, -0.25) is 14.7 Å². The second-order valence-electron chi connectivity index (χ2n) is 7.21. The Bertz CT molecular complexity index is 1450. The summed E-state index contributed by atoms with van der Waals surface area (Å²) in [5.74, 6) is -0.751. The number of benzene rings is 3. The van der Waals surface area contributed by atoms with Crippen LogP contribution in [0.5, 0.6) is 5.75 Å². The summed E-state index contributed by atoms with van der Waals surface area (Å²) in [5.41, 5.74) is 3.82. The quantitative estimate of drug-likeness (QED) is 0.296. The van der Waals surface area contributed by atoms with Crippen molar-refractivity contribution in [2.75, 3.05) is 0 Å². The highest BCUT2D eigenvalue weighted by Gasteiger charge is 2.17. The van der Waals surface area contributed by atoms with Gasteiger partial charge in [-0.1, -0.05) is 47.5 Å². The number of halogens is 2. The smallest absolute Gasteiger partial charge is 0.280 e. The number of fused-ring (bicyclic) bond motifs is 1. The van der Waals surface area contributed by atoms with E-state index < -0.39 is 5.91 Å². The molecule has 0 atom stereocenters. The number of carbonyl (C=O) groups is 1. The lowest BCUT2D eigenvalue weighted by Gasteiger charge is -2.06. The van der Waals surface area contributed by atoms with Crippen LogP contribution in [0.1, 0.15) is 28.5 Å². The van der Waals surface area contributed by atoms with Gasteiger partial charge in [-0.15, -0.1) is 0 Å². The number of amides is 1. The first-order chi connectivity index (χ1) is 15.3. The third kappa shape index (κ3) is 4.00. The van der Waals surface area contributed by atoms with Gasteiger partial charge in [0.05, 0.1) is 32.6 Å². The van der Waals surface area contributed by atoms with Gasteiger partial charge in [0, 0.05) is 5.69 Å². The van der Waals surface area contributed by atoms with Crippen LogP contribution >= 0.6 is 23.2 Å². The van der Waals surface area contributed by atoms with E-state index in [-0.39, 0.29) is 16.9 Å². The summed E-state index contributed by atoms with van der Waals surface area (Å²) in [6, 6.07) is 15.3. The van der Waals surface area contributed by atoms with Crippen molar-refractivity contribution in [1.82, 2.24) is 15.2 Å². The van der Waals surface area contributed by atoms with Crippen LogP contribution in [-0.2, 0) is 0 Å². The fourth-order valence-electron chi connectivity index (χ4n) is 3.44. The highest BCUT2D eigenvalue weighted by Crippen LogP contribution is 2.25. The number of phenols is 1. The summed E-state index contributed by atoms with van der Waals surface area (Å²) >= 11 is 12.0. The zero-order chi connectivity index (χ0) is 23.0. The van der Waals surface area contributed by atoms with Crippen LogP contribution in [0.2, 0.25) is 10.0 Å². The molecule has 0 aliphatic heterocycles. The van der Waals surface area contributed by atoms with E-state index in [2.05, 4.69) is 15.6 Å². The van der Waals surface area contributed by atoms with Crippen LogP contribution in [0.3, 0.4) is 0 Å². The molecule has 4 rings (SSSR count). The lowest BCUT2D eigenvalue weighted by Crippen LogP contribution is -2.23. The van der Waals surface area contributed by atoms with Crippen molar-refractivity contribution in [2.45, 2.75) is 13.8 Å². The average molecular weight is 469 g/mol. The maximum Gasteiger partial charge on any atom is 0.280 e. The molecule has 1 heterocycles. The predicted octanol–water partition coefficient (Wildman–Crippen LogP) is 4.79. The van der Waals surface area contributed by atoms with E-state index in [0.717, 1.165) is 10.8 Å². The Balaban J connectivity index is 1.63. The van der Waals surface area contributed by atoms with Gasteiger partial charge in [0.25, 0.3) is 11.5 Å². The minimum Gasteiger partial charge on any atom is -0.507 e. The van der Waals surface area contributed by atoms with Gasteiger partial charge in [0.15, 0.2) is 0 Å². The number of aryl methyl sites for hydroxylation is 1. The van der Waals surface area contributed by atoms with E-state index in [1.54, 1.807) is 38.1 Å². The molecule has 4 aromatic rings. The molecule has 7 nitrogen and oxygen atoms in total. The summed E-state index contributed by atoms with van der Waals surface area (Å²) < 4.78 is 1.32. The van der Waals surface area contributed by atoms with E-state index in [0.29, 0.717) is 32.7 Å². The van der Waals surface area contributed by atoms with E-state index >= 15 is 0 Å². The third-order valence-electron chi connectivity index (χ3n) is 5.03. The van der Waals surface area contributed by atoms with Crippen molar-refractivity contribution < 1.29 is 9.90 Å². The lowest BCUT2D eigenvalue weighted by molar-refractivity contribution is 0.0952. The first-order valence-corrected chi connectivity index (χ1v) is 10.4. The van der Waals surface area contributed by atoms with Crippen molar-refractivity contribution in [2.24, 2.45) is 5.10 Å². The molecular formula is C23H18Cl2N4O3. The number of H-pyrrole nitrogens is 1. The summed E-state index contributed by atoms with van der Waals surface area (Å²) in [4.78, 5) is 25.6.